The standard InChI is InChI=1S/C10H13F2N3O2/c1-6(13)2-3-14-9-5-7(11)4-8(12)10(9)15(16)17/h4-6,14H,2-3,13H2,1H3. The first-order valence-electron chi connectivity index (χ1n) is 5.04. The van der Waals surface area contributed by atoms with Crippen molar-refractivity contribution in [3.05, 3.63) is 33.9 Å². The lowest BCUT2D eigenvalue weighted by molar-refractivity contribution is -0.386. The zero-order chi connectivity index (χ0) is 13.0. The lowest BCUT2D eigenvalue weighted by Gasteiger charge is -2.09. The van der Waals surface area contributed by atoms with Crippen molar-refractivity contribution in [2.45, 2.75) is 19.4 Å². The topological polar surface area (TPSA) is 81.2 Å². The van der Waals surface area contributed by atoms with Crippen LogP contribution in [0, 0.1) is 21.7 Å². The summed E-state index contributed by atoms with van der Waals surface area (Å²) in [4.78, 5) is 9.74. The van der Waals surface area contributed by atoms with E-state index in [2.05, 4.69) is 5.32 Å². The molecule has 0 aromatic heterocycles. The third-order valence-electron chi connectivity index (χ3n) is 2.13. The second-order valence-electron chi connectivity index (χ2n) is 3.73. The van der Waals surface area contributed by atoms with Gasteiger partial charge in [-0.25, -0.2) is 4.39 Å². The zero-order valence-electron chi connectivity index (χ0n) is 9.24. The number of nitro groups is 1. The molecular formula is C10H13F2N3O2. The number of nitrogens with one attached hydrogen (secondary N) is 1. The third-order valence-corrected chi connectivity index (χ3v) is 2.13. The summed E-state index contributed by atoms with van der Waals surface area (Å²) in [6.45, 7) is 2.07. The summed E-state index contributed by atoms with van der Waals surface area (Å²) in [7, 11) is 0. The summed E-state index contributed by atoms with van der Waals surface area (Å²) in [5, 5.41) is 13.2. The van der Waals surface area contributed by atoms with Crippen molar-refractivity contribution in [1.29, 1.82) is 0 Å². The van der Waals surface area contributed by atoms with Crippen molar-refractivity contribution in [3.8, 4) is 0 Å². The first-order chi connectivity index (χ1) is 7.91. The molecule has 3 N–H and O–H groups in total. The van der Waals surface area contributed by atoms with Crippen LogP contribution >= 0.6 is 0 Å². The van der Waals surface area contributed by atoms with Crippen LogP contribution in [0.1, 0.15) is 13.3 Å². The van der Waals surface area contributed by atoms with Gasteiger partial charge in [0.15, 0.2) is 0 Å². The number of hydrogen-bond donors (Lipinski definition) is 2. The molecule has 0 aliphatic heterocycles. The largest absolute Gasteiger partial charge is 0.379 e. The molecule has 17 heavy (non-hydrogen) atoms. The Morgan fingerprint density at radius 3 is 2.71 bits per heavy atom. The quantitative estimate of drug-likeness (QED) is 0.614. The Bertz CT molecular complexity index is 424. The van der Waals surface area contributed by atoms with E-state index < -0.39 is 22.2 Å². The molecule has 1 aromatic rings. The summed E-state index contributed by atoms with van der Waals surface area (Å²) in [5.74, 6) is -2.06. The predicted molar refractivity (Wildman–Crippen MR) is 59.8 cm³/mol. The average molecular weight is 245 g/mol. The number of hydrogen-bond acceptors (Lipinski definition) is 4. The van der Waals surface area contributed by atoms with Crippen LogP contribution in [0.2, 0.25) is 0 Å². The van der Waals surface area contributed by atoms with Crippen LogP contribution in [-0.4, -0.2) is 17.5 Å². The number of nitro benzene ring substituents is 1. The highest BCUT2D eigenvalue weighted by Crippen LogP contribution is 2.28. The summed E-state index contributed by atoms with van der Waals surface area (Å²) < 4.78 is 26.1. The van der Waals surface area contributed by atoms with E-state index in [4.69, 9.17) is 5.73 Å². The number of anilines is 1. The summed E-state index contributed by atoms with van der Waals surface area (Å²) in [6, 6.07) is 1.28. The fraction of sp³-hybridized carbons (Fsp3) is 0.400. The zero-order valence-corrected chi connectivity index (χ0v) is 9.24. The highest BCUT2D eigenvalue weighted by molar-refractivity contribution is 5.62. The lowest BCUT2D eigenvalue weighted by atomic mass is 10.2. The van der Waals surface area contributed by atoms with Gasteiger partial charge in [-0.15, -0.1) is 0 Å². The van der Waals surface area contributed by atoms with Gasteiger partial charge in [0.25, 0.3) is 0 Å². The molecule has 94 valence electrons. The van der Waals surface area contributed by atoms with Crippen molar-refractivity contribution >= 4 is 11.4 Å². The van der Waals surface area contributed by atoms with Gasteiger partial charge >= 0.3 is 5.69 Å². The number of nitrogens with zero attached hydrogens (tertiary/aromatic N) is 1. The number of halogens is 2. The van der Waals surface area contributed by atoms with Crippen molar-refractivity contribution < 1.29 is 13.7 Å². The van der Waals surface area contributed by atoms with Crippen LogP contribution in [0.5, 0.6) is 0 Å². The molecular weight excluding hydrogens is 232 g/mol. The van der Waals surface area contributed by atoms with Crippen LogP contribution in [-0.2, 0) is 0 Å². The highest BCUT2D eigenvalue weighted by Gasteiger charge is 2.21. The highest BCUT2D eigenvalue weighted by atomic mass is 19.1. The van der Waals surface area contributed by atoms with Gasteiger partial charge in [-0.3, -0.25) is 10.1 Å². The van der Waals surface area contributed by atoms with Crippen molar-refractivity contribution in [2.75, 3.05) is 11.9 Å². The number of rotatable bonds is 5. The molecule has 0 aliphatic rings. The Labute approximate surface area is 96.8 Å². The van der Waals surface area contributed by atoms with Gasteiger partial charge in [-0.2, -0.15) is 4.39 Å². The third kappa shape index (κ3) is 3.63. The molecule has 0 spiro atoms. The molecule has 0 aliphatic carbocycles. The van der Waals surface area contributed by atoms with Crippen LogP contribution in [0.25, 0.3) is 0 Å². The minimum Gasteiger partial charge on any atom is -0.379 e. The van der Waals surface area contributed by atoms with E-state index in [-0.39, 0.29) is 11.7 Å². The number of nitrogens with two attached hydrogens (primary N) is 1. The fourth-order valence-corrected chi connectivity index (χ4v) is 1.32. The smallest absolute Gasteiger partial charge is 0.327 e. The molecule has 0 saturated carbocycles. The Morgan fingerprint density at radius 2 is 2.18 bits per heavy atom. The van der Waals surface area contributed by atoms with Crippen molar-refractivity contribution in [2.24, 2.45) is 5.73 Å². The van der Waals surface area contributed by atoms with E-state index in [1.807, 2.05) is 0 Å². The van der Waals surface area contributed by atoms with E-state index in [9.17, 15) is 18.9 Å². The summed E-state index contributed by atoms with van der Waals surface area (Å²) in [5.41, 5.74) is 4.57. The minimum absolute atomic E-state index is 0.0973. The maximum absolute atomic E-state index is 13.2. The monoisotopic (exact) mass is 245 g/mol. The van der Waals surface area contributed by atoms with Gasteiger partial charge in [-0.05, 0) is 13.3 Å². The van der Waals surface area contributed by atoms with E-state index in [0.29, 0.717) is 19.0 Å². The Kier molecular flexibility index (Phi) is 4.33. The second-order valence-corrected chi connectivity index (χ2v) is 3.73. The van der Waals surface area contributed by atoms with Gasteiger partial charge in [-0.1, -0.05) is 0 Å². The van der Waals surface area contributed by atoms with Gasteiger partial charge < -0.3 is 11.1 Å². The van der Waals surface area contributed by atoms with Crippen molar-refractivity contribution in [3.63, 3.8) is 0 Å². The maximum Gasteiger partial charge on any atom is 0.327 e. The lowest BCUT2D eigenvalue weighted by Crippen LogP contribution is -2.19. The molecule has 0 amide bonds. The van der Waals surface area contributed by atoms with E-state index >= 15 is 0 Å². The molecule has 1 aromatic carbocycles. The molecule has 1 unspecified atom stereocenters. The SMILES string of the molecule is CC(N)CCNc1cc(F)cc(F)c1[N+](=O)[O-]. The first-order valence-corrected chi connectivity index (χ1v) is 5.04. The Balaban J connectivity index is 2.92. The van der Waals surface area contributed by atoms with Crippen LogP contribution in [0.15, 0.2) is 12.1 Å². The molecule has 0 saturated heterocycles. The van der Waals surface area contributed by atoms with Gasteiger partial charge in [0, 0.05) is 24.7 Å². The predicted octanol–water partition coefficient (Wildman–Crippen LogP) is 2.02. The number of benzene rings is 1. The Hall–Kier alpha value is -1.76. The molecule has 7 heteroatoms. The minimum atomic E-state index is -1.20. The van der Waals surface area contributed by atoms with E-state index in [1.54, 1.807) is 6.92 Å². The molecule has 0 radical (unpaired) electrons. The van der Waals surface area contributed by atoms with Crippen LogP contribution in [0.4, 0.5) is 20.2 Å². The molecule has 5 nitrogen and oxygen atoms in total. The van der Waals surface area contributed by atoms with E-state index in [1.165, 1.54) is 0 Å². The average Bonchev–Trinajstić information content (AvgIpc) is 2.14. The molecule has 0 heterocycles. The molecule has 1 rings (SSSR count). The maximum atomic E-state index is 13.2. The first kappa shape index (κ1) is 13.3. The van der Waals surface area contributed by atoms with Gasteiger partial charge in [0.05, 0.1) is 4.92 Å². The van der Waals surface area contributed by atoms with Crippen LogP contribution < -0.4 is 11.1 Å². The molecule has 0 bridgehead atoms. The Morgan fingerprint density at radius 1 is 1.53 bits per heavy atom. The van der Waals surface area contributed by atoms with Gasteiger partial charge in [0.1, 0.15) is 11.5 Å². The van der Waals surface area contributed by atoms with E-state index in [0.717, 1.165) is 6.07 Å². The molecule has 1 atom stereocenters. The second kappa shape index (κ2) is 5.53. The molecule has 0 fully saturated rings. The van der Waals surface area contributed by atoms with Crippen molar-refractivity contribution in [1.82, 2.24) is 0 Å². The summed E-state index contributed by atoms with van der Waals surface area (Å²) in [6.07, 6.45) is 0.537. The normalized spacial score (nSPS) is 12.2. The fourth-order valence-electron chi connectivity index (χ4n) is 1.32. The summed E-state index contributed by atoms with van der Waals surface area (Å²) >= 11 is 0. The van der Waals surface area contributed by atoms with Gasteiger partial charge in [0.2, 0.25) is 5.82 Å². The van der Waals surface area contributed by atoms with Crippen LogP contribution in [0.3, 0.4) is 0 Å².